The predicted octanol–water partition coefficient (Wildman–Crippen LogP) is 3.93. The van der Waals surface area contributed by atoms with Crippen LogP contribution in [0.1, 0.15) is 34.6 Å². The van der Waals surface area contributed by atoms with E-state index < -0.39 is 0 Å². The van der Waals surface area contributed by atoms with Crippen LogP contribution in [0.2, 0.25) is 0 Å². The molecule has 1 heteroatoms. The monoisotopic (exact) mass is 196 g/mol. The molecule has 1 fully saturated rings. The second-order valence-electron chi connectivity index (χ2n) is 4.92. The van der Waals surface area contributed by atoms with E-state index in [0.29, 0.717) is 0 Å². The number of rotatable bonds is 0. The second-order valence-corrected chi connectivity index (χ2v) is 6.32. The lowest BCUT2D eigenvalue weighted by molar-refractivity contribution is 0.358. The number of hydrogen-bond donors (Lipinski definition) is 0. The van der Waals surface area contributed by atoms with Gasteiger partial charge in [0, 0.05) is 5.25 Å². The standard InChI is InChI=1S/C12H20S/c1-6-7(2)11-9(4)10(5)13-12(11)8(6)3/h6-8,11-12H,1-5H3. The summed E-state index contributed by atoms with van der Waals surface area (Å²) in [5, 5.41) is 0.894. The maximum atomic E-state index is 2.44. The minimum Gasteiger partial charge on any atom is -0.127 e. The van der Waals surface area contributed by atoms with Gasteiger partial charge in [-0.05, 0) is 42.4 Å². The fourth-order valence-corrected chi connectivity index (χ4v) is 4.88. The SMILES string of the molecule is CC1=C(C)C2C(C)C(C)C(C)C2S1. The summed E-state index contributed by atoms with van der Waals surface area (Å²) in [7, 11) is 0. The molecule has 0 amide bonds. The molecule has 0 aromatic heterocycles. The van der Waals surface area contributed by atoms with Crippen molar-refractivity contribution in [1.29, 1.82) is 0 Å². The van der Waals surface area contributed by atoms with E-state index in [1.165, 1.54) is 0 Å². The van der Waals surface area contributed by atoms with E-state index in [1.807, 2.05) is 0 Å². The normalized spacial score (nSPS) is 50.1. The van der Waals surface area contributed by atoms with E-state index in [-0.39, 0.29) is 0 Å². The molecule has 0 radical (unpaired) electrons. The van der Waals surface area contributed by atoms with Gasteiger partial charge in [0.25, 0.3) is 0 Å². The van der Waals surface area contributed by atoms with E-state index in [4.69, 9.17) is 0 Å². The molecule has 0 saturated heterocycles. The van der Waals surface area contributed by atoms with Gasteiger partial charge < -0.3 is 0 Å². The highest BCUT2D eigenvalue weighted by Crippen LogP contribution is 2.56. The molecule has 1 saturated carbocycles. The van der Waals surface area contributed by atoms with E-state index in [0.717, 1.165) is 28.9 Å². The zero-order chi connectivity index (χ0) is 9.75. The van der Waals surface area contributed by atoms with E-state index in [1.54, 1.807) is 10.5 Å². The smallest absolute Gasteiger partial charge is 0.0188 e. The summed E-state index contributed by atoms with van der Waals surface area (Å²) in [6, 6.07) is 0. The van der Waals surface area contributed by atoms with Gasteiger partial charge in [0.15, 0.2) is 0 Å². The van der Waals surface area contributed by atoms with Crippen LogP contribution in [0.4, 0.5) is 0 Å². The van der Waals surface area contributed by atoms with Crippen molar-refractivity contribution in [2.45, 2.75) is 39.9 Å². The van der Waals surface area contributed by atoms with Crippen molar-refractivity contribution in [3.63, 3.8) is 0 Å². The van der Waals surface area contributed by atoms with Crippen molar-refractivity contribution in [3.05, 3.63) is 10.5 Å². The van der Waals surface area contributed by atoms with E-state index in [2.05, 4.69) is 46.4 Å². The average molecular weight is 196 g/mol. The fourth-order valence-electron chi connectivity index (χ4n) is 3.08. The Morgan fingerprint density at radius 3 is 2.08 bits per heavy atom. The van der Waals surface area contributed by atoms with Gasteiger partial charge in [-0.25, -0.2) is 0 Å². The molecule has 0 N–H and O–H groups in total. The molecule has 2 rings (SSSR count). The Labute approximate surface area is 86.2 Å². The third-order valence-electron chi connectivity index (χ3n) is 4.47. The Bertz CT molecular complexity index is 254. The summed E-state index contributed by atoms with van der Waals surface area (Å²) in [5.74, 6) is 3.59. The molecule has 0 bridgehead atoms. The minimum atomic E-state index is 0.884. The summed E-state index contributed by atoms with van der Waals surface area (Å²) >= 11 is 2.14. The lowest BCUT2D eigenvalue weighted by Gasteiger charge is -2.18. The average Bonchev–Trinajstić information content (AvgIpc) is 2.48. The molecular weight excluding hydrogens is 176 g/mol. The van der Waals surface area contributed by atoms with Crippen molar-refractivity contribution in [2.75, 3.05) is 0 Å². The number of hydrogen-bond acceptors (Lipinski definition) is 1. The van der Waals surface area contributed by atoms with Crippen LogP contribution in [0.5, 0.6) is 0 Å². The van der Waals surface area contributed by atoms with Crippen LogP contribution in [0.15, 0.2) is 10.5 Å². The highest BCUT2D eigenvalue weighted by atomic mass is 32.2. The summed E-state index contributed by atoms with van der Waals surface area (Å²) < 4.78 is 0. The summed E-state index contributed by atoms with van der Waals surface area (Å²) in [6.07, 6.45) is 0. The zero-order valence-electron chi connectivity index (χ0n) is 9.29. The first-order valence-electron chi connectivity index (χ1n) is 5.38. The molecule has 2 aliphatic rings. The minimum absolute atomic E-state index is 0.884. The van der Waals surface area contributed by atoms with Crippen molar-refractivity contribution >= 4 is 11.8 Å². The Morgan fingerprint density at radius 2 is 1.54 bits per heavy atom. The van der Waals surface area contributed by atoms with Crippen LogP contribution in [-0.4, -0.2) is 5.25 Å². The van der Waals surface area contributed by atoms with Crippen LogP contribution in [0.3, 0.4) is 0 Å². The maximum absolute atomic E-state index is 2.44. The molecule has 1 aliphatic heterocycles. The third-order valence-corrected chi connectivity index (χ3v) is 6.14. The van der Waals surface area contributed by atoms with Crippen molar-refractivity contribution in [1.82, 2.24) is 0 Å². The Balaban J connectivity index is 2.31. The number of fused-ring (bicyclic) bond motifs is 1. The number of thioether (sulfide) groups is 1. The van der Waals surface area contributed by atoms with Crippen molar-refractivity contribution < 1.29 is 0 Å². The molecule has 0 nitrogen and oxygen atoms in total. The van der Waals surface area contributed by atoms with Gasteiger partial charge in [-0.2, -0.15) is 0 Å². The molecule has 1 aliphatic carbocycles. The first kappa shape index (κ1) is 9.64. The highest BCUT2D eigenvalue weighted by Gasteiger charge is 2.48. The quantitative estimate of drug-likeness (QED) is 0.565. The van der Waals surface area contributed by atoms with Crippen molar-refractivity contribution in [3.8, 4) is 0 Å². The maximum Gasteiger partial charge on any atom is 0.0188 e. The lowest BCUT2D eigenvalue weighted by Crippen LogP contribution is -2.14. The largest absolute Gasteiger partial charge is 0.127 e. The van der Waals surface area contributed by atoms with Crippen molar-refractivity contribution in [2.24, 2.45) is 23.7 Å². The van der Waals surface area contributed by atoms with Crippen LogP contribution < -0.4 is 0 Å². The first-order chi connectivity index (χ1) is 6.04. The molecule has 0 aromatic carbocycles. The van der Waals surface area contributed by atoms with Gasteiger partial charge in [-0.15, -0.1) is 11.8 Å². The van der Waals surface area contributed by atoms with Gasteiger partial charge in [0.2, 0.25) is 0 Å². The van der Waals surface area contributed by atoms with Gasteiger partial charge in [0.1, 0.15) is 0 Å². The molecule has 5 unspecified atom stereocenters. The predicted molar refractivity (Wildman–Crippen MR) is 60.7 cm³/mol. The molecule has 0 spiro atoms. The second kappa shape index (κ2) is 3.05. The van der Waals surface area contributed by atoms with Crippen LogP contribution in [-0.2, 0) is 0 Å². The van der Waals surface area contributed by atoms with Gasteiger partial charge >= 0.3 is 0 Å². The topological polar surface area (TPSA) is 0 Å². The Kier molecular flexibility index (Phi) is 2.26. The van der Waals surface area contributed by atoms with Crippen LogP contribution in [0.25, 0.3) is 0 Å². The first-order valence-corrected chi connectivity index (χ1v) is 6.26. The summed E-state index contributed by atoms with van der Waals surface area (Å²) in [6.45, 7) is 11.9. The Hall–Kier alpha value is 0.0900. The molecule has 0 aromatic rings. The summed E-state index contributed by atoms with van der Waals surface area (Å²) in [5.41, 5.74) is 1.68. The number of allylic oxidation sites excluding steroid dienone is 2. The van der Waals surface area contributed by atoms with Crippen LogP contribution in [0, 0.1) is 23.7 Å². The van der Waals surface area contributed by atoms with Crippen LogP contribution >= 0.6 is 11.8 Å². The van der Waals surface area contributed by atoms with E-state index in [9.17, 15) is 0 Å². The van der Waals surface area contributed by atoms with Gasteiger partial charge in [-0.1, -0.05) is 26.3 Å². The fraction of sp³-hybridized carbons (Fsp3) is 0.833. The zero-order valence-corrected chi connectivity index (χ0v) is 10.1. The molecular formula is C12H20S. The summed E-state index contributed by atoms with van der Waals surface area (Å²) in [4.78, 5) is 1.60. The Morgan fingerprint density at radius 1 is 0.923 bits per heavy atom. The highest BCUT2D eigenvalue weighted by molar-refractivity contribution is 8.04. The third kappa shape index (κ3) is 1.20. The van der Waals surface area contributed by atoms with E-state index >= 15 is 0 Å². The van der Waals surface area contributed by atoms with Gasteiger partial charge in [-0.3, -0.25) is 0 Å². The molecule has 1 heterocycles. The molecule has 13 heavy (non-hydrogen) atoms. The molecule has 5 atom stereocenters. The van der Waals surface area contributed by atoms with Gasteiger partial charge in [0.05, 0.1) is 0 Å². The lowest BCUT2D eigenvalue weighted by atomic mass is 9.87. The molecule has 74 valence electrons.